The topological polar surface area (TPSA) is 111 Å². The van der Waals surface area contributed by atoms with Crippen molar-refractivity contribution in [1.82, 2.24) is 10.3 Å². The number of pyridine rings is 1. The molecule has 31 heavy (non-hydrogen) atoms. The number of Topliss-reactive ketones (excluding diaryl/α,β-unsaturated/α-hetero) is 1. The van der Waals surface area contributed by atoms with Gasteiger partial charge in [-0.05, 0) is 52.3 Å². The van der Waals surface area contributed by atoms with Crippen molar-refractivity contribution in [2.24, 2.45) is 0 Å². The van der Waals surface area contributed by atoms with Crippen molar-refractivity contribution in [3.8, 4) is 23.4 Å². The van der Waals surface area contributed by atoms with Gasteiger partial charge in [-0.25, -0.2) is 9.78 Å². The van der Waals surface area contributed by atoms with Crippen LogP contribution in [0.15, 0.2) is 36.5 Å². The summed E-state index contributed by atoms with van der Waals surface area (Å²) in [5, 5.41) is 11.7. The van der Waals surface area contributed by atoms with Gasteiger partial charge >= 0.3 is 6.09 Å². The van der Waals surface area contributed by atoms with Crippen molar-refractivity contribution in [3.63, 3.8) is 0 Å². The van der Waals surface area contributed by atoms with Crippen LogP contribution < -0.4 is 14.8 Å². The monoisotopic (exact) mass is 425 g/mol. The summed E-state index contributed by atoms with van der Waals surface area (Å²) in [6.45, 7) is 8.52. The summed E-state index contributed by atoms with van der Waals surface area (Å²) in [6, 6.07) is 10.2. The molecule has 1 N–H and O–H groups in total. The molecule has 0 aliphatic rings. The second-order valence-corrected chi connectivity index (χ2v) is 8.43. The third-order valence-corrected chi connectivity index (χ3v) is 4.19. The zero-order chi connectivity index (χ0) is 23.2. The van der Waals surface area contributed by atoms with Crippen molar-refractivity contribution in [1.29, 1.82) is 5.26 Å². The lowest BCUT2D eigenvalue weighted by Crippen LogP contribution is -2.51. The van der Waals surface area contributed by atoms with Crippen LogP contribution >= 0.6 is 0 Å². The first-order valence-corrected chi connectivity index (χ1v) is 9.69. The van der Waals surface area contributed by atoms with Crippen LogP contribution in [0.2, 0.25) is 0 Å². The Morgan fingerprint density at radius 3 is 2.39 bits per heavy atom. The van der Waals surface area contributed by atoms with Gasteiger partial charge in [0.05, 0.1) is 18.2 Å². The van der Waals surface area contributed by atoms with Crippen molar-refractivity contribution >= 4 is 11.9 Å². The van der Waals surface area contributed by atoms with Crippen LogP contribution in [0.1, 0.15) is 45.7 Å². The van der Waals surface area contributed by atoms with Gasteiger partial charge in [-0.15, -0.1) is 0 Å². The molecular formula is C23H27N3O5. The van der Waals surface area contributed by atoms with Gasteiger partial charge in [0.25, 0.3) is 0 Å². The molecule has 0 aliphatic heterocycles. The number of benzene rings is 1. The minimum Gasteiger partial charge on any atom is -0.495 e. The Balaban J connectivity index is 2.01. The number of nitrogens with zero attached hydrogens (tertiary/aromatic N) is 2. The van der Waals surface area contributed by atoms with E-state index in [0.717, 1.165) is 0 Å². The Bertz CT molecular complexity index is 986. The van der Waals surface area contributed by atoms with Crippen LogP contribution in [0, 0.1) is 11.3 Å². The highest BCUT2D eigenvalue weighted by molar-refractivity contribution is 5.92. The number of ether oxygens (including phenoxy) is 3. The van der Waals surface area contributed by atoms with Crippen LogP contribution in [0.3, 0.4) is 0 Å². The molecule has 0 fully saturated rings. The van der Waals surface area contributed by atoms with Crippen LogP contribution in [-0.4, -0.2) is 35.1 Å². The van der Waals surface area contributed by atoms with E-state index in [1.807, 2.05) is 6.07 Å². The molecule has 0 bridgehead atoms. The molecule has 2 rings (SSSR count). The van der Waals surface area contributed by atoms with E-state index in [2.05, 4.69) is 10.3 Å². The SMILES string of the molecule is COc1cc(Oc2ccc(CC(=O)C(C)(C)NC(=O)OC(C)(C)C)cn2)ccc1C#N. The van der Waals surface area contributed by atoms with E-state index in [4.69, 9.17) is 19.5 Å². The molecule has 0 unspecified atom stereocenters. The largest absolute Gasteiger partial charge is 0.495 e. The first kappa shape index (κ1) is 23.7. The fourth-order valence-electron chi connectivity index (χ4n) is 2.56. The molecule has 0 atom stereocenters. The van der Waals surface area contributed by atoms with Crippen molar-refractivity contribution in [2.45, 2.75) is 52.2 Å². The number of ketones is 1. The maximum absolute atomic E-state index is 12.7. The Morgan fingerprint density at radius 1 is 1.13 bits per heavy atom. The standard InChI is InChI=1S/C23H27N3O5/c1-22(2,3)31-21(28)26-23(4,5)19(27)11-15-7-10-20(25-14-15)30-17-9-8-16(13-24)18(12-17)29-6/h7-10,12,14H,11H2,1-6H3,(H,26,28). The third-order valence-electron chi connectivity index (χ3n) is 4.19. The predicted molar refractivity (Wildman–Crippen MR) is 114 cm³/mol. The van der Waals surface area contributed by atoms with Gasteiger partial charge in [0.1, 0.15) is 23.2 Å². The number of nitrogens with one attached hydrogen (secondary N) is 1. The van der Waals surface area contributed by atoms with E-state index in [0.29, 0.717) is 28.5 Å². The van der Waals surface area contributed by atoms with Gasteiger partial charge in [0.2, 0.25) is 5.88 Å². The average Bonchev–Trinajstić information content (AvgIpc) is 2.67. The minimum atomic E-state index is -1.10. The zero-order valence-corrected chi connectivity index (χ0v) is 18.6. The third kappa shape index (κ3) is 7.00. The number of carbonyl (C=O) groups is 2. The predicted octanol–water partition coefficient (Wildman–Crippen LogP) is 4.17. The fourth-order valence-corrected chi connectivity index (χ4v) is 2.56. The van der Waals surface area contributed by atoms with Crippen LogP contribution in [0.4, 0.5) is 4.79 Å². The first-order valence-electron chi connectivity index (χ1n) is 9.69. The lowest BCUT2D eigenvalue weighted by molar-refractivity contribution is -0.123. The second-order valence-electron chi connectivity index (χ2n) is 8.43. The first-order chi connectivity index (χ1) is 14.4. The summed E-state index contributed by atoms with van der Waals surface area (Å²) in [6.07, 6.45) is 0.976. The molecule has 8 nitrogen and oxygen atoms in total. The van der Waals surface area contributed by atoms with Crippen LogP contribution in [0.25, 0.3) is 0 Å². The number of methoxy groups -OCH3 is 1. The molecule has 1 heterocycles. The number of aromatic nitrogens is 1. The number of alkyl carbamates (subject to hydrolysis) is 1. The van der Waals surface area contributed by atoms with Crippen LogP contribution in [0.5, 0.6) is 17.4 Å². The summed E-state index contributed by atoms with van der Waals surface area (Å²) in [7, 11) is 1.48. The van der Waals surface area contributed by atoms with Gasteiger partial charge in [0, 0.05) is 24.8 Å². The molecule has 1 amide bonds. The number of hydrogen-bond donors (Lipinski definition) is 1. The molecule has 0 saturated carbocycles. The number of hydrogen-bond acceptors (Lipinski definition) is 7. The average molecular weight is 425 g/mol. The molecule has 0 aliphatic carbocycles. The molecule has 164 valence electrons. The van der Waals surface area contributed by atoms with E-state index >= 15 is 0 Å². The fraction of sp³-hybridized carbons (Fsp3) is 0.391. The number of carbonyl (C=O) groups excluding carboxylic acids is 2. The maximum atomic E-state index is 12.7. The summed E-state index contributed by atoms with van der Waals surface area (Å²) in [5.74, 6) is 1.01. The quantitative estimate of drug-likeness (QED) is 0.709. The highest BCUT2D eigenvalue weighted by atomic mass is 16.6. The number of nitriles is 1. The van der Waals surface area contributed by atoms with E-state index in [9.17, 15) is 9.59 Å². The van der Waals surface area contributed by atoms with Crippen molar-refractivity contribution in [2.75, 3.05) is 7.11 Å². The Labute approximate surface area is 182 Å². The Kier molecular flexibility index (Phi) is 7.24. The van der Waals surface area contributed by atoms with E-state index in [1.165, 1.54) is 13.3 Å². The molecule has 2 aromatic rings. The van der Waals surface area contributed by atoms with Gasteiger partial charge in [-0.2, -0.15) is 5.26 Å². The van der Waals surface area contributed by atoms with Gasteiger partial charge in [-0.1, -0.05) is 6.07 Å². The van der Waals surface area contributed by atoms with Crippen molar-refractivity contribution < 1.29 is 23.8 Å². The lowest BCUT2D eigenvalue weighted by Gasteiger charge is -2.27. The minimum absolute atomic E-state index is 0.0841. The molecule has 8 heteroatoms. The summed E-state index contributed by atoms with van der Waals surface area (Å²) < 4.78 is 16.1. The number of amides is 1. The lowest BCUT2D eigenvalue weighted by atomic mass is 9.94. The summed E-state index contributed by atoms with van der Waals surface area (Å²) in [5.41, 5.74) is -0.675. The van der Waals surface area contributed by atoms with Gasteiger partial charge in [0.15, 0.2) is 5.78 Å². The molecular weight excluding hydrogens is 398 g/mol. The zero-order valence-electron chi connectivity index (χ0n) is 18.6. The normalized spacial score (nSPS) is 11.3. The number of rotatable bonds is 7. The molecule has 1 aromatic heterocycles. The maximum Gasteiger partial charge on any atom is 0.408 e. The Hall–Kier alpha value is -3.60. The highest BCUT2D eigenvalue weighted by Gasteiger charge is 2.31. The van der Waals surface area contributed by atoms with E-state index < -0.39 is 17.2 Å². The molecule has 0 radical (unpaired) electrons. The van der Waals surface area contributed by atoms with Gasteiger partial charge in [-0.3, -0.25) is 4.79 Å². The second kappa shape index (κ2) is 9.47. The molecule has 0 spiro atoms. The molecule has 1 aromatic carbocycles. The van der Waals surface area contributed by atoms with E-state index in [1.54, 1.807) is 65.0 Å². The summed E-state index contributed by atoms with van der Waals surface area (Å²) in [4.78, 5) is 28.9. The Morgan fingerprint density at radius 2 is 1.84 bits per heavy atom. The molecule has 0 saturated heterocycles. The van der Waals surface area contributed by atoms with E-state index in [-0.39, 0.29) is 12.2 Å². The van der Waals surface area contributed by atoms with Gasteiger partial charge < -0.3 is 19.5 Å². The van der Waals surface area contributed by atoms with Crippen LogP contribution in [-0.2, 0) is 16.0 Å². The highest BCUT2D eigenvalue weighted by Crippen LogP contribution is 2.27. The van der Waals surface area contributed by atoms with Crippen molar-refractivity contribution in [3.05, 3.63) is 47.7 Å². The smallest absolute Gasteiger partial charge is 0.408 e. The summed E-state index contributed by atoms with van der Waals surface area (Å²) >= 11 is 0.